The SMILES string of the molecule is CCc1c(C)nn(C[C@H]2N[C@H](C(=O)O)CS2)c1C. The molecule has 2 atom stereocenters. The minimum Gasteiger partial charge on any atom is -0.480 e. The van der Waals surface area contributed by atoms with Crippen molar-refractivity contribution in [3.63, 3.8) is 0 Å². The summed E-state index contributed by atoms with van der Waals surface area (Å²) in [6.07, 6.45) is 0.987. The lowest BCUT2D eigenvalue weighted by molar-refractivity contribution is -0.138. The van der Waals surface area contributed by atoms with E-state index in [9.17, 15) is 4.79 Å². The third kappa shape index (κ3) is 2.54. The number of carboxylic acids is 1. The first kappa shape index (κ1) is 13.4. The van der Waals surface area contributed by atoms with E-state index >= 15 is 0 Å². The summed E-state index contributed by atoms with van der Waals surface area (Å²) in [6.45, 7) is 6.95. The van der Waals surface area contributed by atoms with E-state index in [4.69, 9.17) is 5.11 Å². The number of carboxylic acid groups (broad SMARTS) is 1. The third-order valence-corrected chi connectivity index (χ3v) is 4.59. The molecule has 1 aliphatic rings. The molecule has 100 valence electrons. The van der Waals surface area contributed by atoms with Gasteiger partial charge in [-0.25, -0.2) is 0 Å². The molecule has 0 spiro atoms. The summed E-state index contributed by atoms with van der Waals surface area (Å²) >= 11 is 1.65. The Labute approximate surface area is 111 Å². The first-order valence-corrected chi connectivity index (χ1v) is 7.21. The highest BCUT2D eigenvalue weighted by Crippen LogP contribution is 2.22. The summed E-state index contributed by atoms with van der Waals surface area (Å²) in [5.41, 5.74) is 3.57. The summed E-state index contributed by atoms with van der Waals surface area (Å²) < 4.78 is 1.99. The molecule has 5 nitrogen and oxygen atoms in total. The lowest BCUT2D eigenvalue weighted by Crippen LogP contribution is -2.38. The van der Waals surface area contributed by atoms with Gasteiger partial charge < -0.3 is 5.11 Å². The molecule has 0 radical (unpaired) electrons. The zero-order chi connectivity index (χ0) is 13.3. The van der Waals surface area contributed by atoms with Crippen molar-refractivity contribution < 1.29 is 9.90 Å². The molecule has 0 aromatic carbocycles. The smallest absolute Gasteiger partial charge is 0.321 e. The van der Waals surface area contributed by atoms with Gasteiger partial charge in [-0.15, -0.1) is 11.8 Å². The molecule has 0 bridgehead atoms. The average Bonchev–Trinajstić information content (AvgIpc) is 2.86. The molecule has 0 unspecified atom stereocenters. The molecule has 1 fully saturated rings. The molecule has 1 saturated heterocycles. The lowest BCUT2D eigenvalue weighted by Gasteiger charge is -2.12. The molecule has 2 rings (SSSR count). The maximum Gasteiger partial charge on any atom is 0.321 e. The van der Waals surface area contributed by atoms with Gasteiger partial charge in [0, 0.05) is 11.4 Å². The standard InChI is InChI=1S/C12H19N3O2S/c1-4-9-7(2)14-15(8(9)3)5-11-13-10(6-18-11)12(16)17/h10-11,13H,4-6H2,1-3H3,(H,16,17)/t10-,11-/m0/s1. The number of carbonyl (C=O) groups is 1. The zero-order valence-electron chi connectivity index (χ0n) is 10.9. The van der Waals surface area contributed by atoms with Gasteiger partial charge in [0.15, 0.2) is 0 Å². The second-order valence-corrected chi connectivity index (χ2v) is 5.80. The van der Waals surface area contributed by atoms with Crippen molar-refractivity contribution in [1.29, 1.82) is 0 Å². The number of nitrogens with zero attached hydrogens (tertiary/aromatic N) is 2. The van der Waals surface area contributed by atoms with Crippen LogP contribution < -0.4 is 5.32 Å². The Bertz CT molecular complexity index is 458. The Morgan fingerprint density at radius 3 is 2.83 bits per heavy atom. The average molecular weight is 269 g/mol. The van der Waals surface area contributed by atoms with Crippen LogP contribution in [0.5, 0.6) is 0 Å². The molecule has 2 N–H and O–H groups in total. The largest absolute Gasteiger partial charge is 0.480 e. The molecule has 2 heterocycles. The number of thioether (sulfide) groups is 1. The third-order valence-electron chi connectivity index (χ3n) is 3.37. The minimum absolute atomic E-state index is 0.133. The van der Waals surface area contributed by atoms with Gasteiger partial charge >= 0.3 is 5.97 Å². The molecule has 1 aromatic rings. The first-order valence-electron chi connectivity index (χ1n) is 6.16. The van der Waals surface area contributed by atoms with Gasteiger partial charge in [-0.1, -0.05) is 6.92 Å². The Hall–Kier alpha value is -1.01. The van der Waals surface area contributed by atoms with E-state index in [2.05, 4.69) is 24.3 Å². The van der Waals surface area contributed by atoms with Crippen LogP contribution in [0.2, 0.25) is 0 Å². The van der Waals surface area contributed by atoms with Gasteiger partial charge in [0.25, 0.3) is 0 Å². The summed E-state index contributed by atoms with van der Waals surface area (Å²) in [6, 6.07) is -0.428. The Kier molecular flexibility index (Phi) is 3.97. The Balaban J connectivity index is 2.05. The molecule has 0 aliphatic carbocycles. The van der Waals surface area contributed by atoms with Crippen LogP contribution in [0.3, 0.4) is 0 Å². The van der Waals surface area contributed by atoms with E-state index in [1.165, 1.54) is 11.3 Å². The predicted molar refractivity (Wildman–Crippen MR) is 71.9 cm³/mol. The highest BCUT2D eigenvalue weighted by atomic mass is 32.2. The van der Waals surface area contributed by atoms with Crippen molar-refractivity contribution in [2.45, 2.75) is 45.2 Å². The number of aromatic nitrogens is 2. The number of hydrogen-bond acceptors (Lipinski definition) is 4. The summed E-state index contributed by atoms with van der Waals surface area (Å²) in [7, 11) is 0. The van der Waals surface area contributed by atoms with Crippen LogP contribution in [0.25, 0.3) is 0 Å². The number of aryl methyl sites for hydroxylation is 1. The maximum atomic E-state index is 10.9. The number of hydrogen-bond donors (Lipinski definition) is 2. The van der Waals surface area contributed by atoms with Crippen molar-refractivity contribution in [2.24, 2.45) is 0 Å². The molecule has 0 amide bonds. The first-order chi connectivity index (χ1) is 8.52. The van der Waals surface area contributed by atoms with Crippen LogP contribution in [0.1, 0.15) is 23.9 Å². The Morgan fingerprint density at radius 1 is 1.61 bits per heavy atom. The zero-order valence-corrected chi connectivity index (χ0v) is 11.8. The number of nitrogens with one attached hydrogen (secondary N) is 1. The van der Waals surface area contributed by atoms with Crippen molar-refractivity contribution in [3.05, 3.63) is 17.0 Å². The van der Waals surface area contributed by atoms with Crippen LogP contribution in [-0.4, -0.2) is 38.0 Å². The number of aliphatic carboxylic acids is 1. The van der Waals surface area contributed by atoms with Gasteiger partial charge in [0.1, 0.15) is 6.04 Å². The fourth-order valence-electron chi connectivity index (χ4n) is 2.36. The van der Waals surface area contributed by atoms with Crippen LogP contribution in [0, 0.1) is 13.8 Å². The highest BCUT2D eigenvalue weighted by molar-refractivity contribution is 8.00. The lowest BCUT2D eigenvalue weighted by atomic mass is 10.1. The molecular formula is C12H19N3O2S. The maximum absolute atomic E-state index is 10.9. The van der Waals surface area contributed by atoms with Crippen LogP contribution in [0.15, 0.2) is 0 Å². The van der Waals surface area contributed by atoms with Crippen molar-refractivity contribution in [2.75, 3.05) is 5.75 Å². The second-order valence-electron chi connectivity index (χ2n) is 4.56. The van der Waals surface area contributed by atoms with E-state index in [-0.39, 0.29) is 5.37 Å². The molecule has 1 aliphatic heterocycles. The van der Waals surface area contributed by atoms with Gasteiger partial charge in [0.2, 0.25) is 0 Å². The van der Waals surface area contributed by atoms with E-state index in [0.29, 0.717) is 5.75 Å². The van der Waals surface area contributed by atoms with Crippen molar-refractivity contribution >= 4 is 17.7 Å². The molecule has 6 heteroatoms. The minimum atomic E-state index is -0.771. The van der Waals surface area contributed by atoms with Gasteiger partial charge in [-0.3, -0.25) is 14.8 Å². The molecule has 1 aromatic heterocycles. The summed E-state index contributed by atoms with van der Waals surface area (Å²) in [5, 5.41) is 16.7. The fraction of sp³-hybridized carbons (Fsp3) is 0.667. The summed E-state index contributed by atoms with van der Waals surface area (Å²) in [5.74, 6) is -0.146. The van der Waals surface area contributed by atoms with E-state index in [0.717, 1.165) is 18.7 Å². The van der Waals surface area contributed by atoms with E-state index in [1.807, 2.05) is 11.6 Å². The van der Waals surface area contributed by atoms with Crippen molar-refractivity contribution in [1.82, 2.24) is 15.1 Å². The van der Waals surface area contributed by atoms with Gasteiger partial charge in [-0.05, 0) is 25.8 Å². The predicted octanol–water partition coefficient (Wildman–Crippen LogP) is 1.18. The Morgan fingerprint density at radius 2 is 2.33 bits per heavy atom. The second kappa shape index (κ2) is 5.32. The topological polar surface area (TPSA) is 67.2 Å². The summed E-state index contributed by atoms with van der Waals surface area (Å²) in [4.78, 5) is 10.9. The van der Waals surface area contributed by atoms with Crippen molar-refractivity contribution in [3.8, 4) is 0 Å². The van der Waals surface area contributed by atoms with Gasteiger partial charge in [-0.2, -0.15) is 5.10 Å². The van der Waals surface area contributed by atoms with E-state index in [1.54, 1.807) is 11.8 Å². The molecule has 18 heavy (non-hydrogen) atoms. The van der Waals surface area contributed by atoms with E-state index < -0.39 is 12.0 Å². The fourth-order valence-corrected chi connectivity index (χ4v) is 3.53. The monoisotopic (exact) mass is 269 g/mol. The van der Waals surface area contributed by atoms with Gasteiger partial charge in [0.05, 0.1) is 17.6 Å². The highest BCUT2D eigenvalue weighted by Gasteiger charge is 2.30. The molecule has 0 saturated carbocycles. The van der Waals surface area contributed by atoms with Crippen LogP contribution >= 0.6 is 11.8 Å². The van der Waals surface area contributed by atoms with Crippen LogP contribution in [-0.2, 0) is 17.8 Å². The number of rotatable bonds is 4. The van der Waals surface area contributed by atoms with Crippen LogP contribution in [0.4, 0.5) is 0 Å². The molecular weight excluding hydrogens is 250 g/mol. The quantitative estimate of drug-likeness (QED) is 0.859. The normalized spacial score (nSPS) is 23.5.